The second-order valence-corrected chi connectivity index (χ2v) is 6.98. The molecule has 0 saturated carbocycles. The number of fused-ring (bicyclic) bond motifs is 1. The zero-order chi connectivity index (χ0) is 19.8. The van der Waals surface area contributed by atoms with E-state index in [1.54, 1.807) is 0 Å². The maximum atomic E-state index is 12.0. The van der Waals surface area contributed by atoms with Crippen LogP contribution in [0.4, 0.5) is 5.69 Å². The number of aliphatic hydroxyl groups is 1. The van der Waals surface area contributed by atoms with Crippen LogP contribution in [0.25, 0.3) is 0 Å². The maximum absolute atomic E-state index is 12.0. The average Bonchev–Trinajstić information content (AvgIpc) is 2.70. The van der Waals surface area contributed by atoms with Crippen molar-refractivity contribution >= 4 is 17.6 Å². The summed E-state index contributed by atoms with van der Waals surface area (Å²) >= 11 is 0. The Bertz CT molecular complexity index is 807. The van der Waals surface area contributed by atoms with Gasteiger partial charge in [-0.15, -0.1) is 0 Å². The van der Waals surface area contributed by atoms with Crippen molar-refractivity contribution in [3.63, 3.8) is 0 Å². The lowest BCUT2D eigenvalue weighted by Crippen LogP contribution is -2.41. The normalized spacial score (nSPS) is 17.4. The lowest BCUT2D eigenvalue weighted by atomic mass is 9.90. The lowest BCUT2D eigenvalue weighted by molar-refractivity contribution is -0.116. The maximum Gasteiger partial charge on any atom is 0.225 e. The Morgan fingerprint density at radius 1 is 1.18 bits per heavy atom. The van der Waals surface area contributed by atoms with Gasteiger partial charge in [-0.25, -0.2) is 0 Å². The Hall–Kier alpha value is -2.86. The van der Waals surface area contributed by atoms with Crippen LogP contribution >= 0.6 is 0 Å². The molecule has 2 atom stereocenters. The molecular formula is C22H28N4O2. The summed E-state index contributed by atoms with van der Waals surface area (Å²) in [5, 5.41) is 19.7. The fourth-order valence-electron chi connectivity index (χ4n) is 3.39. The third-order valence-corrected chi connectivity index (χ3v) is 4.74. The third kappa shape index (κ3) is 5.57. The van der Waals surface area contributed by atoms with Crippen LogP contribution in [0, 0.1) is 0 Å². The number of rotatable bonds is 7. The van der Waals surface area contributed by atoms with E-state index in [2.05, 4.69) is 27.0 Å². The molecule has 28 heavy (non-hydrogen) atoms. The molecule has 3 rings (SSSR count). The second-order valence-electron chi connectivity index (χ2n) is 6.98. The van der Waals surface area contributed by atoms with Crippen LogP contribution in [0.5, 0.6) is 0 Å². The highest BCUT2D eigenvalue weighted by atomic mass is 16.3. The van der Waals surface area contributed by atoms with Gasteiger partial charge in [-0.05, 0) is 24.1 Å². The highest BCUT2D eigenvalue weighted by Gasteiger charge is 2.24. The van der Waals surface area contributed by atoms with Crippen molar-refractivity contribution < 1.29 is 9.90 Å². The van der Waals surface area contributed by atoms with E-state index in [4.69, 9.17) is 0 Å². The van der Waals surface area contributed by atoms with Crippen LogP contribution in [0.15, 0.2) is 59.6 Å². The Balaban J connectivity index is 1.58. The number of amides is 1. The van der Waals surface area contributed by atoms with Crippen molar-refractivity contribution in [2.45, 2.75) is 31.8 Å². The van der Waals surface area contributed by atoms with E-state index >= 15 is 0 Å². The molecule has 0 spiro atoms. The van der Waals surface area contributed by atoms with Gasteiger partial charge in [0.05, 0.1) is 12.6 Å². The van der Waals surface area contributed by atoms with Gasteiger partial charge in [-0.2, -0.15) is 0 Å². The Morgan fingerprint density at radius 3 is 2.71 bits per heavy atom. The van der Waals surface area contributed by atoms with Crippen LogP contribution in [0.1, 0.15) is 30.4 Å². The van der Waals surface area contributed by atoms with E-state index in [1.807, 2.05) is 55.5 Å². The number of aliphatic imine (C=N–C) groups is 1. The number of nitrogens with one attached hydrogen (secondary N) is 3. The van der Waals surface area contributed by atoms with Crippen LogP contribution in [-0.4, -0.2) is 42.7 Å². The molecule has 0 radical (unpaired) electrons. The number of aliphatic hydroxyl groups excluding tert-OH is 1. The minimum absolute atomic E-state index is 0.0331. The van der Waals surface area contributed by atoms with E-state index in [1.165, 1.54) is 0 Å². The predicted octanol–water partition coefficient (Wildman–Crippen LogP) is 2.27. The standard InChI is InChI=1S/C22H28N4O2/c1-2-23-22(25-15-18(27)12-16-8-4-3-5-9-16)24-14-17-13-21(28)26-20-11-7-6-10-19(17)20/h3-11,17-18,27H,2,12-15H2,1H3,(H,26,28)(H2,23,24,25). The molecule has 2 unspecified atom stereocenters. The van der Waals surface area contributed by atoms with Crippen LogP contribution < -0.4 is 16.0 Å². The molecule has 2 aromatic rings. The number of carbonyl (C=O) groups excluding carboxylic acids is 1. The highest BCUT2D eigenvalue weighted by Crippen LogP contribution is 2.31. The summed E-state index contributed by atoms with van der Waals surface area (Å²) in [6, 6.07) is 17.8. The number of hydrogen-bond donors (Lipinski definition) is 4. The summed E-state index contributed by atoms with van der Waals surface area (Å²) in [5.41, 5.74) is 3.10. The van der Waals surface area contributed by atoms with Gasteiger partial charge in [0, 0.05) is 37.5 Å². The summed E-state index contributed by atoms with van der Waals surface area (Å²) in [4.78, 5) is 16.5. The molecule has 0 aliphatic carbocycles. The van der Waals surface area contributed by atoms with E-state index in [0.29, 0.717) is 31.9 Å². The van der Waals surface area contributed by atoms with Gasteiger partial charge >= 0.3 is 0 Å². The first-order valence-corrected chi connectivity index (χ1v) is 9.78. The van der Waals surface area contributed by atoms with Crippen molar-refractivity contribution in [3.8, 4) is 0 Å². The molecule has 6 nitrogen and oxygen atoms in total. The topological polar surface area (TPSA) is 85.8 Å². The molecule has 1 aliphatic rings. The molecule has 0 aromatic heterocycles. The fraction of sp³-hybridized carbons (Fsp3) is 0.364. The molecule has 0 bridgehead atoms. The van der Waals surface area contributed by atoms with Crippen molar-refractivity contribution in [1.29, 1.82) is 0 Å². The van der Waals surface area contributed by atoms with Gasteiger partial charge in [0.2, 0.25) is 5.91 Å². The van der Waals surface area contributed by atoms with Crippen LogP contribution in [-0.2, 0) is 11.2 Å². The van der Waals surface area contributed by atoms with E-state index in [9.17, 15) is 9.90 Å². The molecule has 1 heterocycles. The van der Waals surface area contributed by atoms with Crippen molar-refractivity contribution in [2.24, 2.45) is 4.99 Å². The zero-order valence-electron chi connectivity index (χ0n) is 16.2. The Morgan fingerprint density at radius 2 is 1.93 bits per heavy atom. The van der Waals surface area contributed by atoms with E-state index in [-0.39, 0.29) is 11.8 Å². The molecule has 1 amide bonds. The number of guanidine groups is 1. The molecule has 2 aromatic carbocycles. The molecule has 1 aliphatic heterocycles. The molecular weight excluding hydrogens is 352 g/mol. The quantitative estimate of drug-likeness (QED) is 0.438. The minimum Gasteiger partial charge on any atom is -0.391 e. The highest BCUT2D eigenvalue weighted by molar-refractivity contribution is 5.94. The van der Waals surface area contributed by atoms with E-state index in [0.717, 1.165) is 23.4 Å². The first-order valence-electron chi connectivity index (χ1n) is 9.78. The number of nitrogens with zero attached hydrogens (tertiary/aromatic N) is 1. The van der Waals surface area contributed by atoms with Gasteiger partial charge in [0.25, 0.3) is 0 Å². The van der Waals surface area contributed by atoms with E-state index < -0.39 is 6.10 Å². The van der Waals surface area contributed by atoms with Crippen LogP contribution in [0.2, 0.25) is 0 Å². The lowest BCUT2D eigenvalue weighted by Gasteiger charge is -2.26. The van der Waals surface area contributed by atoms with Gasteiger partial charge < -0.3 is 21.1 Å². The number of hydrogen-bond acceptors (Lipinski definition) is 3. The first-order chi connectivity index (χ1) is 13.7. The number of anilines is 1. The first kappa shape index (κ1) is 19.9. The van der Waals surface area contributed by atoms with Gasteiger partial charge in [0.1, 0.15) is 0 Å². The van der Waals surface area contributed by atoms with Gasteiger partial charge in [0.15, 0.2) is 5.96 Å². The molecule has 0 fully saturated rings. The molecule has 148 valence electrons. The van der Waals surface area contributed by atoms with Gasteiger partial charge in [-0.1, -0.05) is 48.5 Å². The monoisotopic (exact) mass is 380 g/mol. The molecule has 6 heteroatoms. The summed E-state index contributed by atoms with van der Waals surface area (Å²) in [6.07, 6.45) is 0.471. The van der Waals surface area contributed by atoms with Crippen molar-refractivity contribution in [3.05, 3.63) is 65.7 Å². The number of para-hydroxylation sites is 1. The smallest absolute Gasteiger partial charge is 0.225 e. The summed E-state index contributed by atoms with van der Waals surface area (Å²) in [7, 11) is 0. The summed E-state index contributed by atoms with van der Waals surface area (Å²) in [6.45, 7) is 3.64. The average molecular weight is 380 g/mol. The van der Waals surface area contributed by atoms with Crippen molar-refractivity contribution in [1.82, 2.24) is 10.6 Å². The summed E-state index contributed by atoms with van der Waals surface area (Å²) in [5.74, 6) is 0.770. The summed E-state index contributed by atoms with van der Waals surface area (Å²) < 4.78 is 0. The predicted molar refractivity (Wildman–Crippen MR) is 113 cm³/mol. The Labute approximate surface area is 166 Å². The number of carbonyl (C=O) groups is 1. The number of benzene rings is 2. The largest absolute Gasteiger partial charge is 0.391 e. The minimum atomic E-state index is -0.543. The van der Waals surface area contributed by atoms with Crippen LogP contribution in [0.3, 0.4) is 0 Å². The SMILES string of the molecule is CCNC(=NCC(O)Cc1ccccc1)NCC1CC(=O)Nc2ccccc21. The molecule has 4 N–H and O–H groups in total. The fourth-order valence-corrected chi connectivity index (χ4v) is 3.39. The second kappa shape index (κ2) is 9.90. The third-order valence-electron chi connectivity index (χ3n) is 4.74. The van der Waals surface area contributed by atoms with Crippen molar-refractivity contribution in [2.75, 3.05) is 25.0 Å². The zero-order valence-corrected chi connectivity index (χ0v) is 16.2. The Kier molecular flexibility index (Phi) is 7.03. The molecule has 0 saturated heterocycles. The van der Waals surface area contributed by atoms with Gasteiger partial charge in [-0.3, -0.25) is 9.79 Å².